The normalized spacial score (nSPS) is 10.9. The molecular formula is C52H44N2O2. The predicted molar refractivity (Wildman–Crippen MR) is 235 cm³/mol. The Morgan fingerprint density at radius 3 is 0.893 bits per heavy atom. The first-order valence-corrected chi connectivity index (χ1v) is 18.9. The van der Waals surface area contributed by atoms with Gasteiger partial charge >= 0.3 is 0 Å². The summed E-state index contributed by atoms with van der Waals surface area (Å²) >= 11 is 0. The van der Waals surface area contributed by atoms with Gasteiger partial charge in [-0.25, -0.2) is 0 Å². The van der Waals surface area contributed by atoms with Crippen molar-refractivity contribution in [2.75, 3.05) is 24.0 Å². The van der Waals surface area contributed by atoms with Gasteiger partial charge in [0.25, 0.3) is 0 Å². The standard InChI is InChI=1S/C52H44N2O2/c1-37-35-43(23-33-51(37)53(45-11-7-5-8-12-45)47-25-15-39(16-26-47)41-19-29-49(55-3)30-20-41)44-24-34-52(38(2)36-44)54(46-13-9-6-10-14-46)48-27-17-40(18-28-48)42-21-31-50(56-4)32-22-42/h5-36H,1-4H3. The highest BCUT2D eigenvalue weighted by molar-refractivity contribution is 5.84. The first-order chi connectivity index (χ1) is 27.5. The maximum absolute atomic E-state index is 5.36. The number of para-hydroxylation sites is 2. The van der Waals surface area contributed by atoms with Crippen LogP contribution in [0.2, 0.25) is 0 Å². The third kappa shape index (κ3) is 7.51. The van der Waals surface area contributed by atoms with Crippen LogP contribution in [0, 0.1) is 13.8 Å². The molecule has 4 heteroatoms. The Labute approximate surface area is 330 Å². The average molecular weight is 729 g/mol. The Morgan fingerprint density at radius 1 is 0.304 bits per heavy atom. The quantitative estimate of drug-likeness (QED) is 0.132. The van der Waals surface area contributed by atoms with Crippen LogP contribution in [0.3, 0.4) is 0 Å². The summed E-state index contributed by atoms with van der Waals surface area (Å²) in [4.78, 5) is 4.67. The summed E-state index contributed by atoms with van der Waals surface area (Å²) in [6.07, 6.45) is 0. The lowest BCUT2D eigenvalue weighted by atomic mass is 9.98. The van der Waals surface area contributed by atoms with E-state index in [0.717, 1.165) is 67.9 Å². The predicted octanol–water partition coefficient (Wildman–Crippen LogP) is 14.3. The van der Waals surface area contributed by atoms with Gasteiger partial charge in [-0.05, 0) is 155 Å². The van der Waals surface area contributed by atoms with Gasteiger partial charge in [0.2, 0.25) is 0 Å². The smallest absolute Gasteiger partial charge is 0.118 e. The topological polar surface area (TPSA) is 24.9 Å². The Morgan fingerprint density at radius 2 is 0.589 bits per heavy atom. The highest BCUT2D eigenvalue weighted by Crippen LogP contribution is 2.41. The molecule has 0 saturated carbocycles. The molecule has 0 N–H and O–H groups in total. The summed E-state index contributed by atoms with van der Waals surface area (Å²) in [5.41, 5.74) is 16.1. The van der Waals surface area contributed by atoms with Crippen molar-refractivity contribution in [3.05, 3.63) is 205 Å². The molecule has 0 atom stereocenters. The van der Waals surface area contributed by atoms with Gasteiger partial charge in [0.05, 0.1) is 14.2 Å². The molecule has 0 aromatic heterocycles. The second-order valence-electron chi connectivity index (χ2n) is 13.9. The van der Waals surface area contributed by atoms with E-state index in [1.54, 1.807) is 14.2 Å². The summed E-state index contributed by atoms with van der Waals surface area (Å²) < 4.78 is 10.7. The van der Waals surface area contributed by atoms with Crippen molar-refractivity contribution in [3.63, 3.8) is 0 Å². The Kier molecular flexibility index (Phi) is 10.4. The fraction of sp³-hybridized carbons (Fsp3) is 0.0769. The maximum Gasteiger partial charge on any atom is 0.118 e. The lowest BCUT2D eigenvalue weighted by Crippen LogP contribution is -2.11. The van der Waals surface area contributed by atoms with Crippen LogP contribution in [0.15, 0.2) is 194 Å². The van der Waals surface area contributed by atoms with Gasteiger partial charge < -0.3 is 19.3 Å². The van der Waals surface area contributed by atoms with Gasteiger partial charge in [0.15, 0.2) is 0 Å². The number of nitrogens with zero attached hydrogens (tertiary/aromatic N) is 2. The summed E-state index contributed by atoms with van der Waals surface area (Å²) in [5.74, 6) is 1.71. The molecule has 0 radical (unpaired) electrons. The van der Waals surface area contributed by atoms with E-state index in [1.165, 1.54) is 22.3 Å². The number of ether oxygens (including phenoxy) is 2. The summed E-state index contributed by atoms with van der Waals surface area (Å²) in [6.45, 7) is 4.41. The highest BCUT2D eigenvalue weighted by Gasteiger charge is 2.18. The van der Waals surface area contributed by atoms with Gasteiger partial charge in [-0.2, -0.15) is 0 Å². The lowest BCUT2D eigenvalue weighted by molar-refractivity contribution is 0.415. The molecule has 0 heterocycles. The monoisotopic (exact) mass is 728 g/mol. The fourth-order valence-electron chi connectivity index (χ4n) is 7.35. The zero-order chi connectivity index (χ0) is 38.4. The molecule has 8 aromatic carbocycles. The molecule has 0 aliphatic carbocycles. The van der Waals surface area contributed by atoms with Crippen molar-refractivity contribution in [2.24, 2.45) is 0 Å². The van der Waals surface area contributed by atoms with Crippen molar-refractivity contribution in [3.8, 4) is 44.9 Å². The maximum atomic E-state index is 5.36. The molecule has 8 rings (SSSR count). The van der Waals surface area contributed by atoms with Crippen LogP contribution in [-0.2, 0) is 0 Å². The van der Waals surface area contributed by atoms with Crippen molar-refractivity contribution in [2.45, 2.75) is 13.8 Å². The molecule has 274 valence electrons. The van der Waals surface area contributed by atoms with Crippen molar-refractivity contribution in [1.29, 1.82) is 0 Å². The fourth-order valence-corrected chi connectivity index (χ4v) is 7.35. The average Bonchev–Trinajstić information content (AvgIpc) is 3.26. The molecule has 0 saturated heterocycles. The van der Waals surface area contributed by atoms with E-state index >= 15 is 0 Å². The third-order valence-corrected chi connectivity index (χ3v) is 10.3. The minimum Gasteiger partial charge on any atom is -0.497 e. The van der Waals surface area contributed by atoms with Crippen LogP contribution < -0.4 is 19.3 Å². The van der Waals surface area contributed by atoms with Gasteiger partial charge in [0.1, 0.15) is 11.5 Å². The van der Waals surface area contributed by atoms with Crippen LogP contribution in [0.1, 0.15) is 11.1 Å². The molecule has 56 heavy (non-hydrogen) atoms. The zero-order valence-electron chi connectivity index (χ0n) is 32.2. The van der Waals surface area contributed by atoms with Gasteiger partial charge in [0, 0.05) is 34.1 Å². The van der Waals surface area contributed by atoms with Gasteiger partial charge in [-0.15, -0.1) is 0 Å². The number of hydrogen-bond donors (Lipinski definition) is 0. The van der Waals surface area contributed by atoms with E-state index in [4.69, 9.17) is 9.47 Å². The summed E-state index contributed by atoms with van der Waals surface area (Å²) in [7, 11) is 3.39. The van der Waals surface area contributed by atoms with E-state index in [1.807, 2.05) is 24.3 Å². The van der Waals surface area contributed by atoms with E-state index in [-0.39, 0.29) is 0 Å². The largest absolute Gasteiger partial charge is 0.497 e. The lowest BCUT2D eigenvalue weighted by Gasteiger charge is -2.28. The number of hydrogen-bond acceptors (Lipinski definition) is 4. The molecule has 0 spiro atoms. The number of aryl methyl sites for hydroxylation is 2. The number of methoxy groups -OCH3 is 2. The van der Waals surface area contributed by atoms with Crippen molar-refractivity contribution in [1.82, 2.24) is 0 Å². The molecule has 8 aromatic rings. The Bertz CT molecular complexity index is 2350. The van der Waals surface area contributed by atoms with Gasteiger partial charge in [-0.1, -0.05) is 97.1 Å². The highest BCUT2D eigenvalue weighted by atomic mass is 16.5. The summed E-state index contributed by atoms with van der Waals surface area (Å²) in [6, 6.07) is 68.7. The molecule has 0 aliphatic rings. The van der Waals surface area contributed by atoms with Crippen LogP contribution in [-0.4, -0.2) is 14.2 Å². The Balaban J connectivity index is 1.10. The second-order valence-corrected chi connectivity index (χ2v) is 13.9. The van der Waals surface area contributed by atoms with Gasteiger partial charge in [-0.3, -0.25) is 0 Å². The van der Waals surface area contributed by atoms with E-state index in [0.29, 0.717) is 0 Å². The van der Waals surface area contributed by atoms with Crippen molar-refractivity contribution >= 4 is 34.1 Å². The van der Waals surface area contributed by atoms with Crippen molar-refractivity contribution < 1.29 is 9.47 Å². The molecule has 0 unspecified atom stereocenters. The minimum absolute atomic E-state index is 0.854. The summed E-state index contributed by atoms with van der Waals surface area (Å²) in [5, 5.41) is 0. The molecule has 4 nitrogen and oxygen atoms in total. The number of rotatable bonds is 11. The number of benzene rings is 8. The molecule has 0 aliphatic heterocycles. The van der Waals surface area contributed by atoms with E-state index in [2.05, 4.69) is 194 Å². The molecule has 0 bridgehead atoms. The van der Waals surface area contributed by atoms with Crippen LogP contribution in [0.4, 0.5) is 34.1 Å². The number of anilines is 6. The van der Waals surface area contributed by atoms with E-state index < -0.39 is 0 Å². The van der Waals surface area contributed by atoms with Crippen LogP contribution >= 0.6 is 0 Å². The SMILES string of the molecule is COc1ccc(-c2ccc(N(c3ccccc3)c3ccc(-c4ccc(N(c5ccccc5)c5ccc(-c6ccc(OC)cc6)cc5)c(C)c4)cc3C)cc2)cc1. The third-order valence-electron chi connectivity index (χ3n) is 10.3. The first-order valence-electron chi connectivity index (χ1n) is 18.9. The van der Waals surface area contributed by atoms with E-state index in [9.17, 15) is 0 Å². The molecule has 0 fully saturated rings. The molecule has 0 amide bonds. The first kappa shape index (κ1) is 36.0. The second kappa shape index (κ2) is 16.1. The Hall–Kier alpha value is -7.04. The zero-order valence-corrected chi connectivity index (χ0v) is 32.2. The van der Waals surface area contributed by atoms with Crippen LogP contribution in [0.25, 0.3) is 33.4 Å². The molecular weight excluding hydrogens is 685 g/mol. The minimum atomic E-state index is 0.854. The van der Waals surface area contributed by atoms with Crippen LogP contribution in [0.5, 0.6) is 11.5 Å².